The van der Waals surface area contributed by atoms with Crippen LogP contribution in [0.5, 0.6) is 11.5 Å². The van der Waals surface area contributed by atoms with Crippen LogP contribution in [0.2, 0.25) is 5.02 Å². The van der Waals surface area contributed by atoms with E-state index < -0.39 is 0 Å². The molecule has 0 unspecified atom stereocenters. The predicted octanol–water partition coefficient (Wildman–Crippen LogP) is 3.33. The van der Waals surface area contributed by atoms with Crippen LogP contribution in [-0.4, -0.2) is 10.1 Å². The third kappa shape index (κ3) is 2.75. The topological polar surface area (TPSA) is 42.4 Å². The lowest BCUT2D eigenvalue weighted by Gasteiger charge is -2.11. The average molecular weight is 250 g/mol. The lowest BCUT2D eigenvalue weighted by molar-refractivity contribution is 0.276. The minimum atomic E-state index is -0.0858. The maximum absolute atomic E-state index is 9.19. The van der Waals surface area contributed by atoms with Crippen LogP contribution in [0.4, 0.5) is 0 Å². The highest BCUT2D eigenvalue weighted by Crippen LogP contribution is 2.29. The molecule has 0 aliphatic carbocycles. The van der Waals surface area contributed by atoms with Gasteiger partial charge in [-0.15, -0.1) is 0 Å². The van der Waals surface area contributed by atoms with Crippen molar-refractivity contribution < 1.29 is 9.84 Å². The Balaban J connectivity index is 2.34. The van der Waals surface area contributed by atoms with Gasteiger partial charge in [0, 0.05) is 16.8 Å². The number of nitrogens with zero attached hydrogens (tertiary/aromatic N) is 1. The Kier molecular flexibility index (Phi) is 3.61. The van der Waals surface area contributed by atoms with E-state index in [1.165, 1.54) is 0 Å². The van der Waals surface area contributed by atoms with Gasteiger partial charge in [0.25, 0.3) is 0 Å². The summed E-state index contributed by atoms with van der Waals surface area (Å²) in [6.45, 7) is 1.85. The first-order valence-electron chi connectivity index (χ1n) is 5.18. The van der Waals surface area contributed by atoms with Crippen molar-refractivity contribution in [2.24, 2.45) is 0 Å². The molecule has 88 valence electrons. The number of rotatable bonds is 3. The van der Waals surface area contributed by atoms with E-state index >= 15 is 0 Å². The maximum Gasteiger partial charge on any atom is 0.151 e. The minimum Gasteiger partial charge on any atom is -0.455 e. The second kappa shape index (κ2) is 5.17. The molecule has 2 aromatic rings. The van der Waals surface area contributed by atoms with Crippen LogP contribution in [0.1, 0.15) is 11.1 Å². The number of aromatic nitrogens is 1. The van der Waals surface area contributed by atoms with Crippen LogP contribution in [-0.2, 0) is 6.61 Å². The molecule has 0 saturated heterocycles. The third-order valence-electron chi connectivity index (χ3n) is 2.41. The van der Waals surface area contributed by atoms with Crippen molar-refractivity contribution in [1.82, 2.24) is 4.98 Å². The molecule has 0 fully saturated rings. The number of pyridine rings is 1. The van der Waals surface area contributed by atoms with Crippen molar-refractivity contribution in [1.29, 1.82) is 0 Å². The van der Waals surface area contributed by atoms with Crippen LogP contribution in [0.15, 0.2) is 36.7 Å². The van der Waals surface area contributed by atoms with E-state index in [2.05, 4.69) is 4.98 Å². The van der Waals surface area contributed by atoms with Gasteiger partial charge in [0.2, 0.25) is 0 Å². The molecule has 2 rings (SSSR count). The van der Waals surface area contributed by atoms with Crippen molar-refractivity contribution in [3.05, 3.63) is 52.8 Å². The largest absolute Gasteiger partial charge is 0.455 e. The van der Waals surface area contributed by atoms with Gasteiger partial charge in [0.15, 0.2) is 5.75 Å². The lowest BCUT2D eigenvalue weighted by atomic mass is 10.2. The normalized spacial score (nSPS) is 10.3. The highest BCUT2D eigenvalue weighted by molar-refractivity contribution is 6.30. The highest BCUT2D eigenvalue weighted by Gasteiger charge is 2.06. The maximum atomic E-state index is 9.19. The quantitative estimate of drug-likeness (QED) is 0.907. The van der Waals surface area contributed by atoms with Crippen LogP contribution in [0.3, 0.4) is 0 Å². The second-order valence-corrected chi connectivity index (χ2v) is 4.09. The smallest absolute Gasteiger partial charge is 0.151 e. The fourth-order valence-electron chi connectivity index (χ4n) is 1.43. The molecule has 0 aliphatic rings. The number of hydrogen-bond acceptors (Lipinski definition) is 3. The molecule has 0 amide bonds. The van der Waals surface area contributed by atoms with Crippen molar-refractivity contribution in [2.75, 3.05) is 0 Å². The van der Waals surface area contributed by atoms with E-state index in [1.807, 2.05) is 13.0 Å². The first kappa shape index (κ1) is 11.9. The van der Waals surface area contributed by atoms with E-state index in [9.17, 15) is 5.11 Å². The summed E-state index contributed by atoms with van der Waals surface area (Å²) in [5, 5.41) is 9.80. The Morgan fingerprint density at radius 1 is 1.29 bits per heavy atom. The third-order valence-corrected chi connectivity index (χ3v) is 2.65. The van der Waals surface area contributed by atoms with E-state index in [4.69, 9.17) is 16.3 Å². The van der Waals surface area contributed by atoms with Gasteiger partial charge in [-0.05, 0) is 30.7 Å². The summed E-state index contributed by atoms with van der Waals surface area (Å²) < 4.78 is 5.71. The monoisotopic (exact) mass is 249 g/mol. The van der Waals surface area contributed by atoms with E-state index in [-0.39, 0.29) is 6.61 Å². The Bertz CT molecular complexity index is 529. The molecule has 1 aromatic carbocycles. The SMILES string of the molecule is Cc1ccc(Cl)cc1Oc1cnccc1CO. The molecule has 1 N–H and O–H groups in total. The van der Waals surface area contributed by atoms with Crippen molar-refractivity contribution in [3.8, 4) is 11.5 Å². The molecule has 1 aromatic heterocycles. The van der Waals surface area contributed by atoms with Crippen molar-refractivity contribution in [3.63, 3.8) is 0 Å². The molecule has 17 heavy (non-hydrogen) atoms. The molecule has 4 heteroatoms. The summed E-state index contributed by atoms with van der Waals surface area (Å²) in [7, 11) is 0. The molecule has 0 atom stereocenters. The summed E-state index contributed by atoms with van der Waals surface area (Å²) in [4.78, 5) is 3.97. The number of benzene rings is 1. The van der Waals surface area contributed by atoms with Crippen molar-refractivity contribution >= 4 is 11.6 Å². The van der Waals surface area contributed by atoms with E-state index in [1.54, 1.807) is 30.6 Å². The summed E-state index contributed by atoms with van der Waals surface area (Å²) in [6.07, 6.45) is 3.19. The van der Waals surface area contributed by atoms with Gasteiger partial charge in [-0.1, -0.05) is 17.7 Å². The zero-order chi connectivity index (χ0) is 12.3. The molecule has 0 bridgehead atoms. The van der Waals surface area contributed by atoms with Gasteiger partial charge in [-0.2, -0.15) is 0 Å². The standard InChI is InChI=1S/C13H12ClNO2/c1-9-2-3-11(14)6-12(9)17-13-7-15-5-4-10(13)8-16/h2-7,16H,8H2,1H3. The van der Waals surface area contributed by atoms with Gasteiger partial charge in [-0.25, -0.2) is 0 Å². The second-order valence-electron chi connectivity index (χ2n) is 3.65. The Morgan fingerprint density at radius 3 is 2.88 bits per heavy atom. The predicted molar refractivity (Wildman–Crippen MR) is 66.4 cm³/mol. The molecule has 1 heterocycles. The fourth-order valence-corrected chi connectivity index (χ4v) is 1.60. The molecule has 0 radical (unpaired) electrons. The Hall–Kier alpha value is -1.58. The number of aryl methyl sites for hydroxylation is 1. The number of halogens is 1. The van der Waals surface area contributed by atoms with Crippen LogP contribution in [0.25, 0.3) is 0 Å². The summed E-state index contributed by atoms with van der Waals surface area (Å²) >= 11 is 5.91. The molecule has 0 aliphatic heterocycles. The van der Waals surface area contributed by atoms with Gasteiger partial charge in [-0.3, -0.25) is 4.98 Å². The number of aliphatic hydroxyl groups is 1. The van der Waals surface area contributed by atoms with Gasteiger partial charge in [0.1, 0.15) is 5.75 Å². The van der Waals surface area contributed by atoms with E-state index in [0.717, 1.165) is 5.56 Å². The molecular weight excluding hydrogens is 238 g/mol. The van der Waals surface area contributed by atoms with Crippen LogP contribution < -0.4 is 4.74 Å². The first-order chi connectivity index (χ1) is 8.20. The molecule has 0 spiro atoms. The van der Waals surface area contributed by atoms with Crippen molar-refractivity contribution in [2.45, 2.75) is 13.5 Å². The van der Waals surface area contributed by atoms with Crippen LogP contribution >= 0.6 is 11.6 Å². The molecular formula is C13H12ClNO2. The minimum absolute atomic E-state index is 0.0858. The number of hydrogen-bond donors (Lipinski definition) is 1. The lowest BCUT2D eigenvalue weighted by Crippen LogP contribution is -1.94. The molecule has 0 saturated carbocycles. The molecule has 3 nitrogen and oxygen atoms in total. The van der Waals surface area contributed by atoms with E-state index in [0.29, 0.717) is 22.1 Å². The Morgan fingerprint density at radius 2 is 2.12 bits per heavy atom. The van der Waals surface area contributed by atoms with Gasteiger partial charge < -0.3 is 9.84 Å². The van der Waals surface area contributed by atoms with Gasteiger partial charge >= 0.3 is 0 Å². The summed E-state index contributed by atoms with van der Waals surface area (Å²) in [5.41, 5.74) is 1.67. The Labute approximate surface area is 105 Å². The zero-order valence-corrected chi connectivity index (χ0v) is 10.1. The number of ether oxygens (including phenoxy) is 1. The zero-order valence-electron chi connectivity index (χ0n) is 9.35. The summed E-state index contributed by atoms with van der Waals surface area (Å²) in [6, 6.07) is 7.15. The first-order valence-corrected chi connectivity index (χ1v) is 5.56. The van der Waals surface area contributed by atoms with Crippen LogP contribution in [0, 0.1) is 6.92 Å². The van der Waals surface area contributed by atoms with Gasteiger partial charge in [0.05, 0.1) is 12.8 Å². The fraction of sp³-hybridized carbons (Fsp3) is 0.154. The summed E-state index contributed by atoms with van der Waals surface area (Å²) in [5.74, 6) is 1.21. The highest BCUT2D eigenvalue weighted by atomic mass is 35.5. The number of aliphatic hydroxyl groups excluding tert-OH is 1. The average Bonchev–Trinajstić information content (AvgIpc) is 2.34.